The standard InChI is InChI=1S/C11H12ClFO/c1-2-8(7-14)6-9-4-3-5-10(12)11(9)13/h3-6,14H,2,7H2,1H3/b8-6-. The largest absolute Gasteiger partial charge is 0.392 e. The normalized spacial score (nSPS) is 11.9. The van der Waals surface area contributed by atoms with E-state index in [2.05, 4.69) is 0 Å². The minimum atomic E-state index is -0.437. The van der Waals surface area contributed by atoms with Crippen LogP contribution in [0.4, 0.5) is 4.39 Å². The monoisotopic (exact) mass is 214 g/mol. The molecule has 1 nitrogen and oxygen atoms in total. The first-order valence-electron chi connectivity index (χ1n) is 4.43. The Morgan fingerprint density at radius 3 is 2.86 bits per heavy atom. The summed E-state index contributed by atoms with van der Waals surface area (Å²) in [5.41, 5.74) is 1.20. The quantitative estimate of drug-likeness (QED) is 0.819. The van der Waals surface area contributed by atoms with E-state index >= 15 is 0 Å². The number of aliphatic hydroxyl groups is 1. The van der Waals surface area contributed by atoms with Crippen molar-refractivity contribution in [2.45, 2.75) is 13.3 Å². The lowest BCUT2D eigenvalue weighted by Crippen LogP contribution is -1.90. The molecule has 0 aromatic heterocycles. The highest BCUT2D eigenvalue weighted by atomic mass is 35.5. The van der Waals surface area contributed by atoms with Crippen LogP contribution >= 0.6 is 11.6 Å². The molecule has 0 saturated heterocycles. The van der Waals surface area contributed by atoms with E-state index in [9.17, 15) is 4.39 Å². The summed E-state index contributed by atoms with van der Waals surface area (Å²) in [6.07, 6.45) is 2.32. The molecule has 1 rings (SSSR count). The highest BCUT2D eigenvalue weighted by Crippen LogP contribution is 2.20. The average molecular weight is 215 g/mol. The number of rotatable bonds is 3. The maximum absolute atomic E-state index is 13.4. The molecule has 0 aliphatic heterocycles. The second-order valence-corrected chi connectivity index (χ2v) is 3.36. The van der Waals surface area contributed by atoms with Crippen LogP contribution in [0.15, 0.2) is 23.8 Å². The molecule has 0 spiro atoms. The van der Waals surface area contributed by atoms with Gasteiger partial charge in [0, 0.05) is 5.56 Å². The van der Waals surface area contributed by atoms with Crippen molar-refractivity contribution in [1.29, 1.82) is 0 Å². The SMILES string of the molecule is CC/C(=C/c1cccc(Cl)c1F)CO. The molecule has 0 saturated carbocycles. The predicted octanol–water partition coefficient (Wildman–Crippen LogP) is 3.26. The van der Waals surface area contributed by atoms with Gasteiger partial charge in [0.05, 0.1) is 11.6 Å². The Kier molecular flexibility index (Phi) is 4.11. The van der Waals surface area contributed by atoms with Crippen LogP contribution < -0.4 is 0 Å². The average Bonchev–Trinajstić information content (AvgIpc) is 2.20. The van der Waals surface area contributed by atoms with E-state index in [1.165, 1.54) is 6.07 Å². The van der Waals surface area contributed by atoms with Gasteiger partial charge in [-0.15, -0.1) is 0 Å². The van der Waals surface area contributed by atoms with Crippen molar-refractivity contribution in [2.75, 3.05) is 6.61 Å². The Hall–Kier alpha value is -0.860. The maximum Gasteiger partial charge on any atom is 0.148 e. The fourth-order valence-corrected chi connectivity index (χ4v) is 1.29. The summed E-state index contributed by atoms with van der Waals surface area (Å²) in [5, 5.41) is 9.03. The van der Waals surface area contributed by atoms with E-state index < -0.39 is 5.82 Å². The van der Waals surface area contributed by atoms with Crippen LogP contribution in [-0.2, 0) is 0 Å². The van der Waals surface area contributed by atoms with Gasteiger partial charge in [-0.2, -0.15) is 0 Å². The number of aliphatic hydroxyl groups excluding tert-OH is 1. The molecule has 1 aromatic carbocycles. The first-order chi connectivity index (χ1) is 6.69. The third-order valence-corrected chi connectivity index (χ3v) is 2.29. The van der Waals surface area contributed by atoms with Crippen LogP contribution in [0.3, 0.4) is 0 Å². The number of hydrogen-bond donors (Lipinski definition) is 1. The van der Waals surface area contributed by atoms with Crippen LogP contribution in [-0.4, -0.2) is 11.7 Å². The lowest BCUT2D eigenvalue weighted by molar-refractivity contribution is 0.329. The molecular formula is C11H12ClFO. The van der Waals surface area contributed by atoms with E-state index in [0.29, 0.717) is 12.0 Å². The predicted molar refractivity (Wildman–Crippen MR) is 56.8 cm³/mol. The Balaban J connectivity index is 3.07. The van der Waals surface area contributed by atoms with Crippen molar-refractivity contribution in [3.05, 3.63) is 40.2 Å². The highest BCUT2D eigenvalue weighted by Gasteiger charge is 2.04. The Morgan fingerprint density at radius 1 is 1.57 bits per heavy atom. The van der Waals surface area contributed by atoms with E-state index in [-0.39, 0.29) is 11.6 Å². The molecule has 1 aromatic rings. The highest BCUT2D eigenvalue weighted by molar-refractivity contribution is 6.30. The maximum atomic E-state index is 13.4. The van der Waals surface area contributed by atoms with E-state index in [1.54, 1.807) is 18.2 Å². The van der Waals surface area contributed by atoms with Gasteiger partial charge in [0.15, 0.2) is 0 Å². The van der Waals surface area contributed by atoms with E-state index in [1.807, 2.05) is 6.92 Å². The van der Waals surface area contributed by atoms with Crippen LogP contribution in [0.5, 0.6) is 0 Å². The number of halogens is 2. The van der Waals surface area contributed by atoms with Crippen LogP contribution in [0.2, 0.25) is 5.02 Å². The fourth-order valence-electron chi connectivity index (χ4n) is 1.11. The second-order valence-electron chi connectivity index (χ2n) is 2.96. The third kappa shape index (κ3) is 2.56. The van der Waals surface area contributed by atoms with Gasteiger partial charge in [-0.25, -0.2) is 4.39 Å². The Morgan fingerprint density at radius 2 is 2.29 bits per heavy atom. The first-order valence-corrected chi connectivity index (χ1v) is 4.81. The van der Waals surface area contributed by atoms with Crippen LogP contribution in [0.1, 0.15) is 18.9 Å². The number of hydrogen-bond acceptors (Lipinski definition) is 1. The molecule has 3 heteroatoms. The zero-order chi connectivity index (χ0) is 10.6. The molecule has 0 atom stereocenters. The summed E-state index contributed by atoms with van der Waals surface area (Å²) in [4.78, 5) is 0. The minimum Gasteiger partial charge on any atom is -0.392 e. The zero-order valence-electron chi connectivity index (χ0n) is 7.93. The molecule has 0 amide bonds. The van der Waals surface area contributed by atoms with Crippen LogP contribution in [0.25, 0.3) is 6.08 Å². The van der Waals surface area contributed by atoms with Crippen molar-refractivity contribution in [2.24, 2.45) is 0 Å². The first kappa shape index (κ1) is 11.2. The van der Waals surface area contributed by atoms with Gasteiger partial charge in [-0.3, -0.25) is 0 Å². The Bertz CT molecular complexity index is 341. The summed E-state index contributed by atoms with van der Waals surface area (Å²) in [5.74, 6) is -0.437. The molecule has 0 radical (unpaired) electrons. The van der Waals surface area contributed by atoms with Gasteiger partial charge in [0.25, 0.3) is 0 Å². The van der Waals surface area contributed by atoms with Gasteiger partial charge in [-0.05, 0) is 18.1 Å². The molecule has 0 aliphatic carbocycles. The summed E-state index contributed by atoms with van der Waals surface area (Å²) in [6.45, 7) is 1.85. The van der Waals surface area contributed by atoms with Gasteiger partial charge in [0.2, 0.25) is 0 Å². The van der Waals surface area contributed by atoms with Crippen LogP contribution in [0, 0.1) is 5.82 Å². The number of benzene rings is 1. The third-order valence-electron chi connectivity index (χ3n) is 2.00. The van der Waals surface area contributed by atoms with Gasteiger partial charge in [-0.1, -0.05) is 36.7 Å². The molecule has 0 aliphatic rings. The fraction of sp³-hybridized carbons (Fsp3) is 0.273. The molecule has 0 heterocycles. The lowest BCUT2D eigenvalue weighted by atomic mass is 10.1. The van der Waals surface area contributed by atoms with Crippen molar-refractivity contribution >= 4 is 17.7 Å². The van der Waals surface area contributed by atoms with E-state index in [4.69, 9.17) is 16.7 Å². The summed E-state index contributed by atoms with van der Waals surface area (Å²) in [7, 11) is 0. The molecule has 0 fully saturated rings. The summed E-state index contributed by atoms with van der Waals surface area (Å²) >= 11 is 5.62. The molecule has 14 heavy (non-hydrogen) atoms. The molecular weight excluding hydrogens is 203 g/mol. The van der Waals surface area contributed by atoms with Crippen molar-refractivity contribution in [3.63, 3.8) is 0 Å². The summed E-state index contributed by atoms with van der Waals surface area (Å²) < 4.78 is 13.4. The van der Waals surface area contributed by atoms with Crippen molar-refractivity contribution in [3.8, 4) is 0 Å². The zero-order valence-corrected chi connectivity index (χ0v) is 8.68. The second kappa shape index (κ2) is 5.13. The molecule has 0 bridgehead atoms. The van der Waals surface area contributed by atoms with Gasteiger partial charge < -0.3 is 5.11 Å². The summed E-state index contributed by atoms with van der Waals surface area (Å²) in [6, 6.07) is 4.81. The van der Waals surface area contributed by atoms with Gasteiger partial charge >= 0.3 is 0 Å². The smallest absolute Gasteiger partial charge is 0.148 e. The van der Waals surface area contributed by atoms with Crippen molar-refractivity contribution < 1.29 is 9.50 Å². The van der Waals surface area contributed by atoms with Crippen molar-refractivity contribution in [1.82, 2.24) is 0 Å². The molecule has 0 unspecified atom stereocenters. The Labute approximate surface area is 87.8 Å². The topological polar surface area (TPSA) is 20.2 Å². The minimum absolute atomic E-state index is 0.0531. The van der Waals surface area contributed by atoms with E-state index in [0.717, 1.165) is 5.57 Å². The lowest BCUT2D eigenvalue weighted by Gasteiger charge is -2.02. The molecule has 76 valence electrons. The molecule has 1 N–H and O–H groups in total. The van der Waals surface area contributed by atoms with Gasteiger partial charge in [0.1, 0.15) is 5.82 Å².